The topological polar surface area (TPSA) is 107 Å². The molecule has 1 aliphatic heterocycles. The molecule has 29 heavy (non-hydrogen) atoms. The van der Waals surface area contributed by atoms with Crippen LogP contribution >= 0.6 is 0 Å². The van der Waals surface area contributed by atoms with E-state index in [0.29, 0.717) is 13.1 Å². The van der Waals surface area contributed by atoms with E-state index in [4.69, 9.17) is 5.11 Å². The number of carboxylic acids is 2. The molecule has 0 fully saturated rings. The summed E-state index contributed by atoms with van der Waals surface area (Å²) in [5, 5.41) is 28.3. The van der Waals surface area contributed by atoms with Crippen LogP contribution in [0.25, 0.3) is 0 Å². The van der Waals surface area contributed by atoms with Crippen molar-refractivity contribution >= 4 is 47.3 Å². The summed E-state index contributed by atoms with van der Waals surface area (Å²) in [6.07, 6.45) is 11.7. The monoisotopic (exact) mass is 423 g/mol. The van der Waals surface area contributed by atoms with Crippen LogP contribution in [-0.2, 0) is 9.59 Å². The average molecular weight is 424 g/mol. The molecule has 1 heterocycles. The molecule has 0 aliphatic carbocycles. The van der Waals surface area contributed by atoms with Gasteiger partial charge in [-0.1, -0.05) is 64.7 Å². The van der Waals surface area contributed by atoms with E-state index in [9.17, 15) is 19.8 Å². The van der Waals surface area contributed by atoms with Gasteiger partial charge in [0.15, 0.2) is 12.4 Å². The minimum absolute atomic E-state index is 0. The SMILES string of the molecule is CCCCCCCCCCCCC1=NCC[N+]1(CC(=O)O)CC(O)CC(=O)O.[NaH]. The van der Waals surface area contributed by atoms with Crippen molar-refractivity contribution in [2.75, 3.05) is 26.2 Å². The van der Waals surface area contributed by atoms with Gasteiger partial charge < -0.3 is 15.3 Å². The summed E-state index contributed by atoms with van der Waals surface area (Å²) in [6.45, 7) is 3.25. The second-order valence-electron chi connectivity index (χ2n) is 8.08. The summed E-state index contributed by atoms with van der Waals surface area (Å²) in [6, 6.07) is 0. The minimum atomic E-state index is -1.08. The molecule has 0 aromatic rings. The number of aliphatic hydroxyl groups excluding tert-OH is 1. The number of carboxylic acid groups (broad SMARTS) is 2. The Labute approximate surface area is 197 Å². The fourth-order valence-corrected chi connectivity index (χ4v) is 4.10. The maximum atomic E-state index is 11.4. The second-order valence-corrected chi connectivity index (χ2v) is 8.08. The summed E-state index contributed by atoms with van der Waals surface area (Å²) in [4.78, 5) is 26.7. The predicted molar refractivity (Wildman–Crippen MR) is 117 cm³/mol. The number of hydrogen-bond acceptors (Lipinski definition) is 4. The second kappa shape index (κ2) is 16.3. The Morgan fingerprint density at radius 3 is 2.03 bits per heavy atom. The first-order valence-corrected chi connectivity index (χ1v) is 10.9. The summed E-state index contributed by atoms with van der Waals surface area (Å²) in [7, 11) is 0. The van der Waals surface area contributed by atoms with Crippen LogP contribution in [0, 0.1) is 0 Å². The Bertz CT molecular complexity index is 515. The van der Waals surface area contributed by atoms with E-state index in [1.807, 2.05) is 0 Å². The number of nitrogens with zero attached hydrogens (tertiary/aromatic N) is 2. The van der Waals surface area contributed by atoms with Gasteiger partial charge in [-0.05, 0) is 6.42 Å². The van der Waals surface area contributed by atoms with Gasteiger partial charge in [0, 0.05) is 6.42 Å². The normalized spacial score (nSPS) is 19.4. The zero-order chi connectivity index (χ0) is 20.8. The van der Waals surface area contributed by atoms with Crippen molar-refractivity contribution in [3.8, 4) is 0 Å². The molecular formula is C21H40N2NaO5+. The first-order chi connectivity index (χ1) is 13.4. The van der Waals surface area contributed by atoms with Gasteiger partial charge in [0.25, 0.3) is 0 Å². The summed E-state index contributed by atoms with van der Waals surface area (Å²) in [5.41, 5.74) is 0. The molecule has 0 saturated heterocycles. The van der Waals surface area contributed by atoms with Gasteiger partial charge >= 0.3 is 41.5 Å². The van der Waals surface area contributed by atoms with E-state index >= 15 is 0 Å². The molecule has 0 radical (unpaired) electrons. The molecule has 3 N–H and O–H groups in total. The van der Waals surface area contributed by atoms with Crippen LogP contribution in [0.2, 0.25) is 0 Å². The zero-order valence-corrected chi connectivity index (χ0v) is 17.4. The molecule has 0 bridgehead atoms. The quantitative estimate of drug-likeness (QED) is 0.189. The molecule has 0 aromatic carbocycles. The first kappa shape index (κ1) is 28.5. The van der Waals surface area contributed by atoms with E-state index in [-0.39, 0.29) is 53.6 Å². The molecule has 164 valence electrons. The van der Waals surface area contributed by atoms with Gasteiger partial charge in [0.1, 0.15) is 19.2 Å². The number of unbranched alkanes of at least 4 members (excludes halogenated alkanes) is 9. The molecule has 2 atom stereocenters. The van der Waals surface area contributed by atoms with Gasteiger partial charge in [-0.15, -0.1) is 0 Å². The van der Waals surface area contributed by atoms with Crippen molar-refractivity contribution in [1.29, 1.82) is 0 Å². The van der Waals surface area contributed by atoms with Crippen molar-refractivity contribution in [1.82, 2.24) is 0 Å². The van der Waals surface area contributed by atoms with Crippen LogP contribution in [0.1, 0.15) is 84.0 Å². The summed E-state index contributed by atoms with van der Waals surface area (Å²) < 4.78 is 0.0984. The van der Waals surface area contributed by atoms with E-state index in [2.05, 4.69) is 11.9 Å². The fraction of sp³-hybridized carbons (Fsp3) is 0.857. The molecule has 7 nitrogen and oxygen atoms in total. The third kappa shape index (κ3) is 12.1. The Hall–Kier alpha value is -0.470. The van der Waals surface area contributed by atoms with Gasteiger partial charge in [0.2, 0.25) is 0 Å². The van der Waals surface area contributed by atoms with Crippen LogP contribution in [0.3, 0.4) is 0 Å². The number of aliphatic carboxylic acids is 2. The van der Waals surface area contributed by atoms with Crippen LogP contribution in [-0.4, -0.2) is 99.4 Å². The molecule has 1 aliphatic rings. The fourth-order valence-electron chi connectivity index (χ4n) is 4.10. The van der Waals surface area contributed by atoms with Crippen molar-refractivity contribution < 1.29 is 29.4 Å². The van der Waals surface area contributed by atoms with Crippen molar-refractivity contribution in [2.24, 2.45) is 4.99 Å². The first-order valence-electron chi connectivity index (χ1n) is 10.9. The van der Waals surface area contributed by atoms with Crippen LogP contribution < -0.4 is 0 Å². The number of amidine groups is 1. The molecule has 1 rings (SSSR count). The Balaban J connectivity index is 0.00000784. The molecule has 0 amide bonds. The average Bonchev–Trinajstić information content (AvgIpc) is 2.96. The standard InChI is InChI=1S/C21H38N2O5.Na.H/c1-2-3-4-5-6-7-8-9-10-11-12-19-22-13-14-23(19,17-21(27)28)16-18(24)15-20(25)26;;/h18,24H,2-17H2,1H3,(H-,25,26,27,28);;/p+1. The van der Waals surface area contributed by atoms with Gasteiger partial charge in [-0.2, -0.15) is 0 Å². The van der Waals surface area contributed by atoms with Gasteiger partial charge in [-0.3, -0.25) is 9.28 Å². The Kier molecular flexibility index (Phi) is 16.0. The van der Waals surface area contributed by atoms with E-state index in [0.717, 1.165) is 25.1 Å². The number of carbonyl (C=O) groups is 2. The summed E-state index contributed by atoms with van der Waals surface area (Å²) >= 11 is 0. The molecule has 8 heteroatoms. The molecule has 2 unspecified atom stereocenters. The maximum absolute atomic E-state index is 11.4. The summed E-state index contributed by atoms with van der Waals surface area (Å²) in [5.74, 6) is -1.21. The van der Waals surface area contributed by atoms with Crippen molar-refractivity contribution in [2.45, 2.75) is 90.1 Å². The number of quaternary nitrogens is 1. The van der Waals surface area contributed by atoms with E-state index in [1.54, 1.807) is 0 Å². The Morgan fingerprint density at radius 1 is 0.966 bits per heavy atom. The van der Waals surface area contributed by atoms with Crippen molar-refractivity contribution in [3.63, 3.8) is 0 Å². The van der Waals surface area contributed by atoms with Crippen molar-refractivity contribution in [3.05, 3.63) is 0 Å². The number of hydrogen-bond donors (Lipinski definition) is 3. The Morgan fingerprint density at radius 2 is 1.52 bits per heavy atom. The third-order valence-corrected chi connectivity index (χ3v) is 5.53. The molecule has 0 saturated carbocycles. The van der Waals surface area contributed by atoms with Crippen LogP contribution in [0.4, 0.5) is 0 Å². The van der Waals surface area contributed by atoms with Gasteiger partial charge in [-0.25, -0.2) is 9.79 Å². The molecular weight excluding hydrogens is 383 g/mol. The van der Waals surface area contributed by atoms with Crippen LogP contribution in [0.5, 0.6) is 0 Å². The predicted octanol–water partition coefficient (Wildman–Crippen LogP) is 2.80. The van der Waals surface area contributed by atoms with E-state index < -0.39 is 18.0 Å². The van der Waals surface area contributed by atoms with Crippen LogP contribution in [0.15, 0.2) is 4.99 Å². The third-order valence-electron chi connectivity index (χ3n) is 5.53. The molecule has 0 spiro atoms. The number of aliphatic hydroxyl groups is 1. The molecule has 0 aromatic heterocycles. The zero-order valence-electron chi connectivity index (χ0n) is 17.4. The number of aliphatic imine (C=N–C) groups is 1. The number of rotatable bonds is 17. The van der Waals surface area contributed by atoms with E-state index in [1.165, 1.54) is 51.4 Å². The van der Waals surface area contributed by atoms with Gasteiger partial charge in [0.05, 0.1) is 13.0 Å².